The molecule has 3 rings (SSSR count). The number of imide groups is 1. The maximum atomic E-state index is 12.6. The average Bonchev–Trinajstić information content (AvgIpc) is 2.97. The van der Waals surface area contributed by atoms with Crippen molar-refractivity contribution in [2.24, 2.45) is 0 Å². The van der Waals surface area contributed by atoms with Crippen LogP contribution in [0.15, 0.2) is 36.0 Å². The lowest BCUT2D eigenvalue weighted by atomic mass is 10.2. The summed E-state index contributed by atoms with van der Waals surface area (Å²) in [7, 11) is 0. The lowest BCUT2D eigenvalue weighted by Gasteiger charge is -2.11. The van der Waals surface area contributed by atoms with E-state index in [-0.39, 0.29) is 11.6 Å². The first-order valence-electron chi connectivity index (χ1n) is 7.71. The van der Waals surface area contributed by atoms with Crippen molar-refractivity contribution < 1.29 is 9.59 Å². The minimum absolute atomic E-state index is 0.270. The average molecular weight is 344 g/mol. The molecule has 0 aliphatic carbocycles. The Labute approximate surface area is 145 Å². The molecule has 0 saturated carbocycles. The zero-order chi connectivity index (χ0) is 17.4. The Morgan fingerprint density at radius 1 is 1.17 bits per heavy atom. The number of carbonyl (C=O) groups excluding carboxylic acids is 2. The topological polar surface area (TPSA) is 54.3 Å². The molecule has 24 heavy (non-hydrogen) atoms. The van der Waals surface area contributed by atoms with Crippen LogP contribution in [0.4, 0.5) is 10.5 Å². The predicted molar refractivity (Wildman–Crippen MR) is 95.0 cm³/mol. The third-order valence-electron chi connectivity index (χ3n) is 4.19. The number of hydrogen-bond donors (Lipinski definition) is 1. The van der Waals surface area contributed by atoms with Gasteiger partial charge in [0.15, 0.2) is 0 Å². The molecule has 1 N–H and O–H groups in total. The molecule has 5 nitrogen and oxygen atoms in total. The van der Waals surface area contributed by atoms with E-state index in [9.17, 15) is 9.59 Å². The minimum Gasteiger partial charge on any atom is -0.349 e. The van der Waals surface area contributed by atoms with E-state index in [4.69, 9.17) is 11.6 Å². The van der Waals surface area contributed by atoms with E-state index in [1.807, 2.05) is 19.9 Å². The lowest BCUT2D eigenvalue weighted by molar-refractivity contribution is -0.113. The number of anilines is 1. The van der Waals surface area contributed by atoms with Gasteiger partial charge in [0.25, 0.3) is 5.91 Å². The molecule has 1 aromatic carbocycles. The molecular formula is C18H18ClN3O2. The van der Waals surface area contributed by atoms with Crippen LogP contribution < -0.4 is 10.2 Å². The molecule has 0 atom stereocenters. The molecule has 1 saturated heterocycles. The molecule has 2 heterocycles. The molecule has 2 aromatic rings. The number of rotatable bonds is 3. The van der Waals surface area contributed by atoms with Crippen LogP contribution in [0.3, 0.4) is 0 Å². The number of hydrogen-bond acceptors (Lipinski definition) is 2. The number of nitrogens with zero attached hydrogens (tertiary/aromatic N) is 2. The Morgan fingerprint density at radius 2 is 1.83 bits per heavy atom. The zero-order valence-electron chi connectivity index (χ0n) is 13.8. The summed E-state index contributed by atoms with van der Waals surface area (Å²) in [4.78, 5) is 25.9. The van der Waals surface area contributed by atoms with E-state index < -0.39 is 6.03 Å². The van der Waals surface area contributed by atoms with Crippen molar-refractivity contribution in [1.82, 2.24) is 9.88 Å². The number of amides is 3. The van der Waals surface area contributed by atoms with Gasteiger partial charge in [-0.3, -0.25) is 4.79 Å². The Morgan fingerprint density at radius 3 is 2.42 bits per heavy atom. The Hall–Kier alpha value is -2.53. The van der Waals surface area contributed by atoms with Crippen molar-refractivity contribution in [3.63, 3.8) is 0 Å². The van der Waals surface area contributed by atoms with Gasteiger partial charge in [-0.1, -0.05) is 11.6 Å². The highest BCUT2D eigenvalue weighted by molar-refractivity contribution is 6.31. The van der Waals surface area contributed by atoms with Gasteiger partial charge in [0.2, 0.25) is 0 Å². The van der Waals surface area contributed by atoms with E-state index in [2.05, 4.69) is 16.8 Å². The fraction of sp³-hybridized carbons (Fsp3) is 0.222. The highest BCUT2D eigenvalue weighted by Gasteiger charge is 2.35. The van der Waals surface area contributed by atoms with Gasteiger partial charge in [-0.05, 0) is 62.7 Å². The first-order valence-corrected chi connectivity index (χ1v) is 8.09. The molecule has 1 aromatic heterocycles. The molecule has 1 fully saturated rings. The molecule has 0 bridgehead atoms. The van der Waals surface area contributed by atoms with Crippen molar-refractivity contribution in [3.05, 3.63) is 58.0 Å². The van der Waals surface area contributed by atoms with Gasteiger partial charge in [-0.25, -0.2) is 9.69 Å². The summed E-state index contributed by atoms with van der Waals surface area (Å²) in [5.41, 5.74) is 3.87. The molecule has 0 spiro atoms. The Balaban J connectivity index is 1.95. The third-order valence-corrected chi connectivity index (χ3v) is 4.44. The zero-order valence-corrected chi connectivity index (χ0v) is 14.5. The SMILES string of the molecule is CCn1c(C)cc(/C=C2\NC(=O)N(c3ccc(Cl)cc3)C2=O)c1C. The third kappa shape index (κ3) is 2.71. The minimum atomic E-state index is -0.460. The van der Waals surface area contributed by atoms with Gasteiger partial charge >= 0.3 is 6.03 Å². The van der Waals surface area contributed by atoms with Crippen LogP contribution in [0.2, 0.25) is 5.02 Å². The molecule has 0 unspecified atom stereocenters. The fourth-order valence-corrected chi connectivity index (χ4v) is 3.10. The highest BCUT2D eigenvalue weighted by Crippen LogP contribution is 2.25. The van der Waals surface area contributed by atoms with E-state index >= 15 is 0 Å². The second-order valence-corrected chi connectivity index (χ2v) is 6.11. The summed E-state index contributed by atoms with van der Waals surface area (Å²) in [5.74, 6) is -0.372. The van der Waals surface area contributed by atoms with Gasteiger partial charge in [-0.2, -0.15) is 0 Å². The monoisotopic (exact) mass is 343 g/mol. The van der Waals surface area contributed by atoms with Crippen LogP contribution in [0.5, 0.6) is 0 Å². The van der Waals surface area contributed by atoms with Crippen molar-refractivity contribution in [3.8, 4) is 0 Å². The standard InChI is InChI=1S/C18H18ClN3O2/c1-4-21-11(2)9-13(12(21)3)10-16-17(23)22(18(24)20-16)15-7-5-14(19)6-8-15/h5-10H,4H2,1-3H3,(H,20,24)/b16-10-. The maximum Gasteiger partial charge on any atom is 0.333 e. The van der Waals surface area contributed by atoms with E-state index in [0.717, 1.165) is 28.4 Å². The van der Waals surface area contributed by atoms with Gasteiger partial charge in [0, 0.05) is 23.0 Å². The second kappa shape index (κ2) is 6.17. The maximum absolute atomic E-state index is 12.6. The van der Waals surface area contributed by atoms with Crippen molar-refractivity contribution in [2.75, 3.05) is 4.90 Å². The highest BCUT2D eigenvalue weighted by atomic mass is 35.5. The van der Waals surface area contributed by atoms with Crippen molar-refractivity contribution >= 4 is 35.3 Å². The number of urea groups is 1. The molecule has 1 aliphatic rings. The Bertz CT molecular complexity index is 850. The molecule has 1 aliphatic heterocycles. The van der Waals surface area contributed by atoms with Gasteiger partial charge in [-0.15, -0.1) is 0 Å². The van der Waals surface area contributed by atoms with Gasteiger partial charge in [0.05, 0.1) is 5.69 Å². The molecule has 124 valence electrons. The predicted octanol–water partition coefficient (Wildman–Crippen LogP) is 3.88. The van der Waals surface area contributed by atoms with Crippen LogP contribution in [-0.2, 0) is 11.3 Å². The fourth-order valence-electron chi connectivity index (χ4n) is 2.98. The molecular weight excluding hydrogens is 326 g/mol. The quantitative estimate of drug-likeness (QED) is 0.679. The molecule has 0 radical (unpaired) electrons. The summed E-state index contributed by atoms with van der Waals surface area (Å²) in [6.45, 7) is 6.95. The van der Waals surface area contributed by atoms with E-state index in [0.29, 0.717) is 10.7 Å². The van der Waals surface area contributed by atoms with Crippen LogP contribution in [0, 0.1) is 13.8 Å². The smallest absolute Gasteiger partial charge is 0.333 e. The summed E-state index contributed by atoms with van der Waals surface area (Å²) in [6.07, 6.45) is 1.73. The number of aromatic nitrogens is 1. The number of aryl methyl sites for hydroxylation is 1. The van der Waals surface area contributed by atoms with Crippen molar-refractivity contribution in [2.45, 2.75) is 27.3 Å². The van der Waals surface area contributed by atoms with Crippen LogP contribution in [-0.4, -0.2) is 16.5 Å². The largest absolute Gasteiger partial charge is 0.349 e. The summed E-state index contributed by atoms with van der Waals surface area (Å²) in [5, 5.41) is 3.20. The summed E-state index contributed by atoms with van der Waals surface area (Å²) in [6, 6.07) is 8.13. The summed E-state index contributed by atoms with van der Waals surface area (Å²) < 4.78 is 2.16. The van der Waals surface area contributed by atoms with E-state index in [1.54, 1.807) is 30.3 Å². The normalized spacial score (nSPS) is 16.2. The number of nitrogens with one attached hydrogen (secondary N) is 1. The first-order chi connectivity index (χ1) is 11.4. The number of benzene rings is 1. The lowest BCUT2D eigenvalue weighted by Crippen LogP contribution is -2.30. The van der Waals surface area contributed by atoms with Crippen LogP contribution in [0.25, 0.3) is 6.08 Å². The number of halogens is 1. The van der Waals surface area contributed by atoms with Crippen LogP contribution >= 0.6 is 11.6 Å². The second-order valence-electron chi connectivity index (χ2n) is 5.68. The Kier molecular flexibility index (Phi) is 4.20. The van der Waals surface area contributed by atoms with E-state index in [1.165, 1.54) is 0 Å². The number of carbonyl (C=O) groups is 2. The van der Waals surface area contributed by atoms with Crippen LogP contribution in [0.1, 0.15) is 23.9 Å². The van der Waals surface area contributed by atoms with Gasteiger partial charge < -0.3 is 9.88 Å². The van der Waals surface area contributed by atoms with Crippen molar-refractivity contribution in [1.29, 1.82) is 0 Å². The first kappa shape index (κ1) is 16.3. The van der Waals surface area contributed by atoms with Gasteiger partial charge in [0.1, 0.15) is 5.70 Å². The molecule has 3 amide bonds. The molecule has 6 heteroatoms. The summed E-state index contributed by atoms with van der Waals surface area (Å²) >= 11 is 5.86.